The first-order valence-electron chi connectivity index (χ1n) is 18.2. The molecular weight excluding hydrogens is 847 g/mol. The third-order valence-corrected chi connectivity index (χ3v) is 7.91. The van der Waals surface area contributed by atoms with Gasteiger partial charge in [-0.2, -0.15) is 13.5 Å². The second kappa shape index (κ2) is 27.8. The molecule has 0 aliphatic rings. The number of nitrogens with two attached hydrogens (primary N) is 1. The molecule has 2 aromatic carbocycles. The van der Waals surface area contributed by atoms with E-state index in [0.29, 0.717) is 11.1 Å². The Hall–Kier alpha value is -4.91. The van der Waals surface area contributed by atoms with Crippen LogP contribution in [-0.4, -0.2) is 103 Å². The number of halogens is 2. The van der Waals surface area contributed by atoms with Crippen molar-refractivity contribution in [3.8, 4) is 0 Å². The highest BCUT2D eigenvalue weighted by Gasteiger charge is 2.25. The van der Waals surface area contributed by atoms with Crippen molar-refractivity contribution in [3.05, 3.63) is 68.7 Å². The zero-order valence-electron chi connectivity index (χ0n) is 35.5. The number of alkyl carbamates (subject to hydrolysis) is 2. The number of aryl methyl sites for hydroxylation is 2. The summed E-state index contributed by atoms with van der Waals surface area (Å²) in [5, 5.41) is 16.5. The number of carboxylic acids is 1. The van der Waals surface area contributed by atoms with Gasteiger partial charge < -0.3 is 45.7 Å². The van der Waals surface area contributed by atoms with E-state index in [1.165, 1.54) is 14.2 Å². The summed E-state index contributed by atoms with van der Waals surface area (Å²) in [5.74, 6) is -3.32. The molecule has 0 radical (unpaired) electrons. The maximum atomic E-state index is 12.5. The number of ketones is 2. The summed E-state index contributed by atoms with van der Waals surface area (Å²) in [6, 6.07) is 8.16. The van der Waals surface area contributed by atoms with Crippen molar-refractivity contribution in [2.45, 2.75) is 104 Å². The summed E-state index contributed by atoms with van der Waals surface area (Å²) in [6.45, 7) is 13.3. The van der Waals surface area contributed by atoms with Crippen LogP contribution in [0.2, 0.25) is 10.0 Å². The zero-order valence-corrected chi connectivity index (χ0v) is 38.1. The van der Waals surface area contributed by atoms with Crippen LogP contribution in [0, 0.1) is 13.8 Å². The van der Waals surface area contributed by atoms with Gasteiger partial charge in [0.15, 0.2) is 11.6 Å². The monoisotopic (exact) mass is 904 g/mol. The van der Waals surface area contributed by atoms with E-state index >= 15 is 0 Å². The van der Waals surface area contributed by atoms with E-state index in [-0.39, 0.29) is 85.0 Å². The highest BCUT2D eigenvalue weighted by atomic mass is 35.5. The van der Waals surface area contributed by atoms with Gasteiger partial charge in [0.05, 0.1) is 48.5 Å². The van der Waals surface area contributed by atoms with Crippen molar-refractivity contribution in [3.63, 3.8) is 0 Å². The highest BCUT2D eigenvalue weighted by molar-refractivity contribution is 7.59. The molecule has 20 heteroatoms. The zero-order chi connectivity index (χ0) is 45.7. The Kier molecular flexibility index (Phi) is 26.5. The minimum Gasteiger partial charge on any atom is -0.478 e. The van der Waals surface area contributed by atoms with Crippen molar-refractivity contribution in [2.75, 3.05) is 27.3 Å². The number of Topliss-reactive ketones (excluding diaryl/α,β-unsaturated/α-hetero) is 2. The number of esters is 2. The fourth-order valence-corrected chi connectivity index (χ4v) is 5.09. The van der Waals surface area contributed by atoms with Crippen LogP contribution in [0.25, 0.3) is 0 Å². The number of aromatic carboxylic acids is 1. The smallest absolute Gasteiger partial charge is 0.408 e. The SMILES string of the molecule is COC(=O)[C@@H](N)CCC(=O)CNC(=O)OC(C)(C)C.COC(=O)[C@H](CCC(=O)CNC(=O)OC(C)(C)C)NC(=O)c1c(C)cccc1Cl.Cc1cccc(Cl)c1C(=O)O.S. The third kappa shape index (κ3) is 24.2. The Morgan fingerprint density at radius 1 is 0.683 bits per heavy atom. The van der Waals surface area contributed by atoms with Crippen LogP contribution in [-0.2, 0) is 38.1 Å². The maximum absolute atomic E-state index is 12.5. The minimum absolute atomic E-state index is 0. The van der Waals surface area contributed by atoms with E-state index in [9.17, 15) is 38.4 Å². The van der Waals surface area contributed by atoms with Gasteiger partial charge in [0.1, 0.15) is 23.3 Å². The second-order valence-electron chi connectivity index (χ2n) is 14.7. The van der Waals surface area contributed by atoms with Gasteiger partial charge in [-0.25, -0.2) is 19.2 Å². The predicted molar refractivity (Wildman–Crippen MR) is 230 cm³/mol. The molecule has 2 rings (SSSR count). The van der Waals surface area contributed by atoms with Gasteiger partial charge in [-0.3, -0.25) is 19.2 Å². The van der Waals surface area contributed by atoms with E-state index in [4.69, 9.17) is 48.3 Å². The number of hydrogen-bond acceptors (Lipinski definition) is 13. The summed E-state index contributed by atoms with van der Waals surface area (Å²) in [6.07, 6.45) is -1.14. The van der Waals surface area contributed by atoms with Crippen LogP contribution in [0.15, 0.2) is 36.4 Å². The number of benzene rings is 2. The van der Waals surface area contributed by atoms with Crippen LogP contribution in [0.3, 0.4) is 0 Å². The third-order valence-electron chi connectivity index (χ3n) is 7.28. The summed E-state index contributed by atoms with van der Waals surface area (Å²) in [7, 11) is 2.42. The summed E-state index contributed by atoms with van der Waals surface area (Å²) >= 11 is 11.7. The van der Waals surface area contributed by atoms with Gasteiger partial charge in [0.25, 0.3) is 5.91 Å². The summed E-state index contributed by atoms with van der Waals surface area (Å²) in [4.78, 5) is 92.5. The Morgan fingerprint density at radius 2 is 1.08 bits per heavy atom. The van der Waals surface area contributed by atoms with Crippen LogP contribution in [0.1, 0.15) is 99.1 Å². The highest BCUT2D eigenvalue weighted by Crippen LogP contribution is 2.20. The van der Waals surface area contributed by atoms with Crippen LogP contribution >= 0.6 is 36.7 Å². The molecule has 0 heterocycles. The average molecular weight is 906 g/mol. The molecule has 0 unspecified atom stereocenters. The van der Waals surface area contributed by atoms with E-state index < -0.39 is 59.3 Å². The van der Waals surface area contributed by atoms with Crippen molar-refractivity contribution in [1.29, 1.82) is 0 Å². The average Bonchev–Trinajstić information content (AvgIpc) is 3.12. The second-order valence-corrected chi connectivity index (χ2v) is 15.5. The first-order chi connectivity index (χ1) is 27.2. The molecule has 17 nitrogen and oxygen atoms in total. The molecule has 0 saturated carbocycles. The molecule has 6 N–H and O–H groups in total. The lowest BCUT2D eigenvalue weighted by atomic mass is 10.1. The number of carboxylic acid groups (broad SMARTS) is 1. The lowest BCUT2D eigenvalue weighted by molar-refractivity contribution is -0.143. The number of ether oxygens (including phenoxy) is 4. The first kappa shape index (κ1) is 57.2. The molecule has 0 aliphatic carbocycles. The molecule has 2 aromatic rings. The molecule has 0 aromatic heterocycles. The van der Waals surface area contributed by atoms with Crippen molar-refractivity contribution < 1.29 is 62.4 Å². The van der Waals surface area contributed by atoms with Gasteiger partial charge in [0, 0.05) is 12.8 Å². The Morgan fingerprint density at radius 3 is 1.43 bits per heavy atom. The van der Waals surface area contributed by atoms with Crippen molar-refractivity contribution >= 4 is 84.3 Å². The van der Waals surface area contributed by atoms with E-state index in [1.807, 2.05) is 0 Å². The molecule has 0 bridgehead atoms. The van der Waals surface area contributed by atoms with Crippen molar-refractivity contribution in [2.24, 2.45) is 5.73 Å². The first-order valence-corrected chi connectivity index (χ1v) is 18.9. The Balaban J connectivity index is 0. The predicted octanol–water partition coefficient (Wildman–Crippen LogP) is 5.61. The molecule has 336 valence electrons. The van der Waals surface area contributed by atoms with Gasteiger partial charge in [-0.15, -0.1) is 0 Å². The molecule has 0 fully saturated rings. The minimum atomic E-state index is -1.03. The lowest BCUT2D eigenvalue weighted by Crippen LogP contribution is -2.42. The topological polar surface area (TPSA) is 256 Å². The molecule has 2 atom stereocenters. The fraction of sp³-hybridized carbons (Fsp3) is 0.500. The lowest BCUT2D eigenvalue weighted by Gasteiger charge is -2.20. The number of rotatable bonds is 15. The molecule has 0 spiro atoms. The molecule has 0 saturated heterocycles. The maximum Gasteiger partial charge on any atom is 0.408 e. The van der Waals surface area contributed by atoms with Gasteiger partial charge in [-0.1, -0.05) is 47.5 Å². The number of carbonyl (C=O) groups is 8. The Labute approximate surface area is 367 Å². The standard InChI is InChI=1S/C20H27ClN2O6.C12H22N2O5.C8H7ClO2.H2S/c1-12-7-6-8-14(21)16(12)17(25)23-15(18(26)28-5)10-9-13(24)11-22-19(27)29-20(2,3)4;1-12(2,3)19-11(17)14-7-8(15)5-6-9(13)10(16)18-4;1-5-3-2-4-6(9)7(5)8(10)11;/h6-8,15H,9-11H2,1-5H3,(H,22,27)(H,23,25);9H,5-7,13H2,1-4H3,(H,14,17);2-4H,1H3,(H,10,11);1H2/t15-;9-;;/m00../s1. The number of hydrogen-bond donors (Lipinski definition) is 5. The fourth-order valence-electron chi connectivity index (χ4n) is 4.48. The van der Waals surface area contributed by atoms with Crippen LogP contribution in [0.4, 0.5) is 9.59 Å². The van der Waals surface area contributed by atoms with E-state index in [1.54, 1.807) is 91.8 Å². The molecular formula is C40H58Cl2N4O13S. The number of amides is 3. The summed E-state index contributed by atoms with van der Waals surface area (Å²) in [5.41, 5.74) is 5.96. The number of carbonyl (C=O) groups excluding carboxylic acids is 7. The van der Waals surface area contributed by atoms with E-state index in [0.717, 1.165) is 0 Å². The Bertz CT molecular complexity index is 1760. The number of methoxy groups -OCH3 is 2. The van der Waals surface area contributed by atoms with Crippen LogP contribution < -0.4 is 21.7 Å². The normalized spacial score (nSPS) is 11.5. The quantitative estimate of drug-likeness (QED) is 0.108. The largest absolute Gasteiger partial charge is 0.478 e. The summed E-state index contributed by atoms with van der Waals surface area (Å²) < 4.78 is 19.2. The molecule has 3 amide bonds. The number of nitrogens with one attached hydrogen (secondary N) is 3. The molecule has 0 aliphatic heterocycles. The van der Waals surface area contributed by atoms with Crippen LogP contribution in [0.5, 0.6) is 0 Å². The molecule has 60 heavy (non-hydrogen) atoms. The van der Waals surface area contributed by atoms with Gasteiger partial charge in [-0.05, 0) is 91.5 Å². The van der Waals surface area contributed by atoms with Crippen molar-refractivity contribution in [1.82, 2.24) is 16.0 Å². The van der Waals surface area contributed by atoms with Gasteiger partial charge in [0.2, 0.25) is 0 Å². The van der Waals surface area contributed by atoms with E-state index in [2.05, 4.69) is 20.7 Å². The van der Waals surface area contributed by atoms with Gasteiger partial charge >= 0.3 is 30.1 Å².